The lowest BCUT2D eigenvalue weighted by molar-refractivity contribution is -0.119. The summed E-state index contributed by atoms with van der Waals surface area (Å²) < 4.78 is 11.0. The Bertz CT molecular complexity index is 1160. The van der Waals surface area contributed by atoms with Crippen molar-refractivity contribution in [3.63, 3.8) is 0 Å². The first kappa shape index (κ1) is 20.7. The van der Waals surface area contributed by atoms with Gasteiger partial charge in [0.05, 0.1) is 28.6 Å². The number of amides is 2. The van der Waals surface area contributed by atoms with Crippen molar-refractivity contribution in [2.45, 2.75) is 13.3 Å². The van der Waals surface area contributed by atoms with Gasteiger partial charge in [0.2, 0.25) is 0 Å². The molecule has 0 radical (unpaired) electrons. The van der Waals surface area contributed by atoms with Crippen LogP contribution in [0.4, 0.5) is 0 Å². The minimum atomic E-state index is -0.624. The fraction of sp³-hybridized carbons (Fsp3) is 0.238. The molecule has 0 bridgehead atoms. The third-order valence-corrected chi connectivity index (χ3v) is 4.94. The first-order chi connectivity index (χ1) is 15.0. The Labute approximate surface area is 182 Å². The van der Waals surface area contributed by atoms with E-state index in [1.165, 1.54) is 0 Å². The third-order valence-electron chi connectivity index (χ3n) is 4.66. The molecule has 0 atom stereocenters. The quantitative estimate of drug-likeness (QED) is 0.515. The number of carbonyl (C=O) groups excluding carboxylic acids is 2. The normalized spacial score (nSPS) is 12.8. The number of fused-ring (bicyclic) bond motifs is 1. The van der Waals surface area contributed by atoms with E-state index in [2.05, 4.69) is 20.3 Å². The standard InChI is InChI=1S/C21H20ClN5O4/c1-2-30-17-8-11(7-13(22)19(17)31-10-18(23)28)20-24-5-4-15(27-20)16-9-12-14(26-16)3-6-25-21(12)29/h4-5,7-9,26H,2-3,6,10H2,1H3,(H2,23,28)(H,25,29). The molecule has 3 aromatic rings. The fourth-order valence-corrected chi connectivity index (χ4v) is 3.59. The van der Waals surface area contributed by atoms with E-state index in [-0.39, 0.29) is 23.3 Å². The zero-order chi connectivity index (χ0) is 22.0. The molecule has 0 saturated carbocycles. The van der Waals surface area contributed by atoms with Gasteiger partial charge in [0.25, 0.3) is 11.8 Å². The van der Waals surface area contributed by atoms with Gasteiger partial charge >= 0.3 is 0 Å². The van der Waals surface area contributed by atoms with Crippen molar-refractivity contribution in [3.8, 4) is 34.3 Å². The second-order valence-corrected chi connectivity index (χ2v) is 7.23. The molecule has 0 aliphatic carbocycles. The lowest BCUT2D eigenvalue weighted by Crippen LogP contribution is -2.31. The molecule has 31 heavy (non-hydrogen) atoms. The maximum atomic E-state index is 12.0. The van der Waals surface area contributed by atoms with Gasteiger partial charge in [0, 0.05) is 30.4 Å². The number of hydrogen-bond donors (Lipinski definition) is 3. The Balaban J connectivity index is 1.70. The molecule has 160 valence electrons. The van der Waals surface area contributed by atoms with Crippen LogP contribution in [0.2, 0.25) is 5.02 Å². The molecule has 0 unspecified atom stereocenters. The number of primary amides is 1. The number of aromatic amines is 1. The maximum Gasteiger partial charge on any atom is 0.255 e. The summed E-state index contributed by atoms with van der Waals surface area (Å²) in [7, 11) is 0. The van der Waals surface area contributed by atoms with Gasteiger partial charge in [-0.25, -0.2) is 9.97 Å². The number of aromatic nitrogens is 3. The number of carbonyl (C=O) groups is 2. The van der Waals surface area contributed by atoms with Gasteiger partial charge in [0.1, 0.15) is 0 Å². The van der Waals surface area contributed by atoms with Crippen molar-refractivity contribution >= 4 is 23.4 Å². The van der Waals surface area contributed by atoms with E-state index in [4.69, 9.17) is 26.8 Å². The van der Waals surface area contributed by atoms with E-state index < -0.39 is 5.91 Å². The molecule has 1 aliphatic heterocycles. The van der Waals surface area contributed by atoms with Crippen LogP contribution >= 0.6 is 11.6 Å². The number of halogens is 1. The second-order valence-electron chi connectivity index (χ2n) is 6.82. The Morgan fingerprint density at radius 3 is 2.87 bits per heavy atom. The monoisotopic (exact) mass is 441 g/mol. The number of ether oxygens (including phenoxy) is 2. The van der Waals surface area contributed by atoms with Crippen LogP contribution in [-0.4, -0.2) is 46.5 Å². The topological polar surface area (TPSA) is 132 Å². The molecular formula is C21H20ClN5O4. The van der Waals surface area contributed by atoms with Crippen molar-refractivity contribution in [1.29, 1.82) is 0 Å². The Morgan fingerprint density at radius 1 is 1.29 bits per heavy atom. The Hall–Kier alpha value is -3.59. The van der Waals surface area contributed by atoms with Crippen molar-refractivity contribution in [2.75, 3.05) is 19.8 Å². The summed E-state index contributed by atoms with van der Waals surface area (Å²) in [5.74, 6) is 0.273. The summed E-state index contributed by atoms with van der Waals surface area (Å²) in [5, 5.41) is 3.07. The lowest BCUT2D eigenvalue weighted by Gasteiger charge is -2.14. The number of H-pyrrole nitrogens is 1. The van der Waals surface area contributed by atoms with Crippen molar-refractivity contribution in [3.05, 3.63) is 46.7 Å². The predicted molar refractivity (Wildman–Crippen MR) is 114 cm³/mol. The van der Waals surface area contributed by atoms with Crippen LogP contribution in [-0.2, 0) is 11.2 Å². The summed E-state index contributed by atoms with van der Waals surface area (Å²) in [4.78, 5) is 35.4. The molecular weight excluding hydrogens is 422 g/mol. The number of rotatable bonds is 7. The molecule has 2 aromatic heterocycles. The van der Waals surface area contributed by atoms with Gasteiger partial charge < -0.3 is 25.5 Å². The van der Waals surface area contributed by atoms with Gasteiger partial charge in [0.15, 0.2) is 23.9 Å². The van der Waals surface area contributed by atoms with E-state index in [0.29, 0.717) is 41.5 Å². The first-order valence-electron chi connectivity index (χ1n) is 9.67. The van der Waals surface area contributed by atoms with E-state index >= 15 is 0 Å². The highest BCUT2D eigenvalue weighted by Gasteiger charge is 2.21. The minimum Gasteiger partial charge on any atom is -0.490 e. The molecule has 0 spiro atoms. The molecule has 0 saturated heterocycles. The lowest BCUT2D eigenvalue weighted by atomic mass is 10.1. The van der Waals surface area contributed by atoms with Gasteiger partial charge in [-0.3, -0.25) is 9.59 Å². The van der Waals surface area contributed by atoms with Crippen LogP contribution in [0.1, 0.15) is 23.0 Å². The highest BCUT2D eigenvalue weighted by Crippen LogP contribution is 2.39. The van der Waals surface area contributed by atoms with Crippen molar-refractivity contribution < 1.29 is 19.1 Å². The third kappa shape index (κ3) is 4.31. The van der Waals surface area contributed by atoms with E-state index in [0.717, 1.165) is 17.8 Å². The van der Waals surface area contributed by atoms with Crippen molar-refractivity contribution in [2.24, 2.45) is 5.73 Å². The van der Waals surface area contributed by atoms with Gasteiger partial charge in [-0.1, -0.05) is 11.6 Å². The smallest absolute Gasteiger partial charge is 0.255 e. The number of nitrogens with one attached hydrogen (secondary N) is 2. The zero-order valence-electron chi connectivity index (χ0n) is 16.7. The largest absolute Gasteiger partial charge is 0.490 e. The minimum absolute atomic E-state index is 0.0993. The van der Waals surface area contributed by atoms with Crippen molar-refractivity contribution in [1.82, 2.24) is 20.3 Å². The summed E-state index contributed by atoms with van der Waals surface area (Å²) in [5.41, 5.74) is 8.63. The predicted octanol–water partition coefficient (Wildman–Crippen LogP) is 2.34. The van der Waals surface area contributed by atoms with Crippen LogP contribution in [0.5, 0.6) is 11.5 Å². The highest BCUT2D eigenvalue weighted by molar-refractivity contribution is 6.32. The molecule has 10 heteroatoms. The first-order valence-corrected chi connectivity index (χ1v) is 10.1. The summed E-state index contributed by atoms with van der Waals surface area (Å²) in [6.45, 7) is 2.46. The molecule has 4 rings (SSSR count). The van der Waals surface area contributed by atoms with Gasteiger partial charge in [-0.15, -0.1) is 0 Å². The summed E-state index contributed by atoms with van der Waals surface area (Å²) in [6.07, 6.45) is 2.36. The molecule has 1 aromatic carbocycles. The zero-order valence-corrected chi connectivity index (χ0v) is 17.5. The second kappa shape index (κ2) is 8.65. The fourth-order valence-electron chi connectivity index (χ4n) is 3.32. The van der Waals surface area contributed by atoms with E-state index in [1.807, 2.05) is 6.92 Å². The molecule has 3 heterocycles. The summed E-state index contributed by atoms with van der Waals surface area (Å²) in [6, 6.07) is 6.87. The Morgan fingerprint density at radius 2 is 2.13 bits per heavy atom. The average Bonchev–Trinajstić information content (AvgIpc) is 3.19. The SMILES string of the molecule is CCOc1cc(-c2nccc(-c3cc4c([nH]3)CCNC4=O)n2)cc(Cl)c1OCC(N)=O. The van der Waals surface area contributed by atoms with Crippen LogP contribution < -0.4 is 20.5 Å². The average molecular weight is 442 g/mol. The van der Waals surface area contributed by atoms with Crippen LogP contribution in [0.25, 0.3) is 22.8 Å². The molecule has 2 amide bonds. The molecule has 9 nitrogen and oxygen atoms in total. The van der Waals surface area contributed by atoms with Crippen LogP contribution in [0.3, 0.4) is 0 Å². The molecule has 0 fully saturated rings. The molecule has 4 N–H and O–H groups in total. The van der Waals surface area contributed by atoms with E-state index in [1.54, 1.807) is 30.5 Å². The highest BCUT2D eigenvalue weighted by atomic mass is 35.5. The molecule has 1 aliphatic rings. The summed E-state index contributed by atoms with van der Waals surface area (Å²) >= 11 is 6.38. The van der Waals surface area contributed by atoms with Crippen LogP contribution in [0.15, 0.2) is 30.5 Å². The Kier molecular flexibility index (Phi) is 5.77. The number of nitrogens with two attached hydrogens (primary N) is 1. The number of benzene rings is 1. The van der Waals surface area contributed by atoms with E-state index in [9.17, 15) is 9.59 Å². The van der Waals surface area contributed by atoms with Gasteiger partial charge in [-0.05, 0) is 31.2 Å². The maximum absolute atomic E-state index is 12.0. The number of hydrogen-bond acceptors (Lipinski definition) is 6. The number of nitrogens with zero attached hydrogens (tertiary/aromatic N) is 2. The van der Waals surface area contributed by atoms with Gasteiger partial charge in [-0.2, -0.15) is 0 Å². The van der Waals surface area contributed by atoms with Crippen LogP contribution in [0, 0.1) is 0 Å².